The van der Waals surface area contributed by atoms with Crippen LogP contribution in [0.4, 0.5) is 0 Å². The maximum atomic E-state index is 13.9. The molecule has 2 heterocycles. The number of hydrogen-bond donors (Lipinski definition) is 0. The summed E-state index contributed by atoms with van der Waals surface area (Å²) in [6.07, 6.45) is 2.84. The van der Waals surface area contributed by atoms with Crippen molar-refractivity contribution >= 4 is 23.3 Å². The van der Waals surface area contributed by atoms with Crippen LogP contribution >= 0.6 is 0 Å². The average Bonchev–Trinajstić information content (AvgIpc) is 3.30. The third kappa shape index (κ3) is 5.24. The van der Waals surface area contributed by atoms with Gasteiger partial charge in [-0.3, -0.25) is 9.59 Å². The summed E-state index contributed by atoms with van der Waals surface area (Å²) in [6.45, 7) is 4.85. The molecule has 0 N–H and O–H groups in total. The van der Waals surface area contributed by atoms with Crippen molar-refractivity contribution < 1.29 is 23.8 Å². The van der Waals surface area contributed by atoms with Crippen LogP contribution in [0.25, 0.3) is 11.6 Å². The van der Waals surface area contributed by atoms with E-state index in [1.807, 2.05) is 74.5 Å². The molecule has 3 aromatic carbocycles. The number of ether oxygens (including phenoxy) is 3. The first-order valence-electron chi connectivity index (χ1n) is 12.6. The Labute approximate surface area is 217 Å². The van der Waals surface area contributed by atoms with Crippen LogP contribution in [0, 0.1) is 0 Å². The number of Topliss-reactive ketones (excluding diaryl/α,β-unsaturated/α-hetero) is 1. The third-order valence-corrected chi connectivity index (χ3v) is 6.78. The van der Waals surface area contributed by atoms with E-state index >= 15 is 0 Å². The van der Waals surface area contributed by atoms with Crippen molar-refractivity contribution in [2.24, 2.45) is 0 Å². The van der Waals surface area contributed by atoms with E-state index in [2.05, 4.69) is 0 Å². The summed E-state index contributed by atoms with van der Waals surface area (Å²) in [4.78, 5) is 28.7. The highest BCUT2D eigenvalue weighted by atomic mass is 16.5. The molecule has 0 saturated carbocycles. The van der Waals surface area contributed by atoms with E-state index in [0.29, 0.717) is 42.1 Å². The molecule has 0 radical (unpaired) electrons. The third-order valence-electron chi connectivity index (χ3n) is 6.78. The molecule has 0 aliphatic carbocycles. The number of carbonyl (C=O) groups is 2. The lowest BCUT2D eigenvalue weighted by Gasteiger charge is -2.34. The Hall–Kier alpha value is -4.06. The minimum Gasteiger partial charge on any atom is -0.497 e. The Balaban J connectivity index is 1.40. The Morgan fingerprint density at radius 3 is 2.46 bits per heavy atom. The Bertz CT molecular complexity index is 1330. The lowest BCUT2D eigenvalue weighted by molar-refractivity contribution is -0.124. The first kappa shape index (κ1) is 24.6. The van der Waals surface area contributed by atoms with Gasteiger partial charge in [-0.05, 0) is 61.4 Å². The van der Waals surface area contributed by atoms with Gasteiger partial charge in [0.15, 0.2) is 5.78 Å². The predicted molar refractivity (Wildman–Crippen MR) is 143 cm³/mol. The monoisotopic (exact) mass is 497 g/mol. The van der Waals surface area contributed by atoms with Gasteiger partial charge < -0.3 is 19.1 Å². The van der Waals surface area contributed by atoms with Gasteiger partial charge in [0.05, 0.1) is 31.7 Å². The van der Waals surface area contributed by atoms with Crippen molar-refractivity contribution in [3.05, 3.63) is 89.5 Å². The van der Waals surface area contributed by atoms with Gasteiger partial charge in [-0.15, -0.1) is 0 Å². The molecule has 37 heavy (non-hydrogen) atoms. The number of nitrogens with zero attached hydrogens (tertiary/aromatic N) is 1. The maximum absolute atomic E-state index is 13.9. The number of amides is 1. The molecule has 3 aromatic rings. The second-order valence-electron chi connectivity index (χ2n) is 9.88. The van der Waals surface area contributed by atoms with Crippen molar-refractivity contribution in [3.63, 3.8) is 0 Å². The number of ketones is 1. The largest absolute Gasteiger partial charge is 0.497 e. The summed E-state index contributed by atoms with van der Waals surface area (Å²) in [5.41, 5.74) is 2.16. The normalized spacial score (nSPS) is 19.1. The molecule has 2 aliphatic rings. The second kappa shape index (κ2) is 10.1. The summed E-state index contributed by atoms with van der Waals surface area (Å²) in [5.74, 6) is 1.89. The first-order valence-corrected chi connectivity index (χ1v) is 12.6. The van der Waals surface area contributed by atoms with Crippen molar-refractivity contribution in [2.75, 3.05) is 20.2 Å². The fourth-order valence-electron chi connectivity index (χ4n) is 4.98. The summed E-state index contributed by atoms with van der Waals surface area (Å²) in [5, 5.41) is 0. The number of likely N-dealkylation sites (tertiary alicyclic amines) is 1. The summed E-state index contributed by atoms with van der Waals surface area (Å²) >= 11 is 0. The van der Waals surface area contributed by atoms with Gasteiger partial charge in [0.2, 0.25) is 0 Å². The highest BCUT2D eigenvalue weighted by Crippen LogP contribution is 2.40. The molecular formula is C31H31NO5. The quantitative estimate of drug-likeness (QED) is 0.325. The number of fused-ring (bicyclic) bond motifs is 1. The maximum Gasteiger partial charge on any atom is 0.254 e. The molecule has 0 aromatic heterocycles. The molecule has 1 atom stereocenters. The topological polar surface area (TPSA) is 65.1 Å². The van der Waals surface area contributed by atoms with Crippen molar-refractivity contribution in [2.45, 2.75) is 38.4 Å². The van der Waals surface area contributed by atoms with Gasteiger partial charge >= 0.3 is 0 Å². The van der Waals surface area contributed by atoms with E-state index in [0.717, 1.165) is 16.9 Å². The summed E-state index contributed by atoms with van der Waals surface area (Å²) in [6, 6.07) is 22.7. The van der Waals surface area contributed by atoms with E-state index in [-0.39, 0.29) is 24.2 Å². The smallest absolute Gasteiger partial charge is 0.254 e. The minimum atomic E-state index is -0.716. The van der Waals surface area contributed by atoms with Crippen LogP contribution in [0.3, 0.4) is 0 Å². The molecule has 2 aliphatic heterocycles. The number of methoxy groups -OCH3 is 1. The van der Waals surface area contributed by atoms with E-state index in [9.17, 15) is 9.59 Å². The van der Waals surface area contributed by atoms with E-state index in [1.165, 1.54) is 0 Å². The standard InChI is InChI=1S/C31H31NO5/c1-21(2)36-24-11-9-22(10-12-24)17-26(23-7-5-4-6-8-23)30(34)32-16-15-31(20-32)19-28(33)27-18-25(35-3)13-14-29(27)37-31/h4-14,17-18,21H,15-16,19-20H2,1-3H3/b26-17+. The lowest BCUT2D eigenvalue weighted by Crippen LogP contribution is -2.45. The van der Waals surface area contributed by atoms with E-state index < -0.39 is 5.60 Å². The van der Waals surface area contributed by atoms with Gasteiger partial charge in [-0.1, -0.05) is 42.5 Å². The van der Waals surface area contributed by atoms with Crippen LogP contribution in [0.1, 0.15) is 48.2 Å². The summed E-state index contributed by atoms with van der Waals surface area (Å²) in [7, 11) is 1.57. The van der Waals surface area contributed by atoms with Crippen molar-refractivity contribution in [3.8, 4) is 17.2 Å². The highest BCUT2D eigenvalue weighted by molar-refractivity contribution is 6.24. The van der Waals surface area contributed by atoms with Gasteiger partial charge in [-0.2, -0.15) is 0 Å². The molecule has 1 fully saturated rings. The van der Waals surface area contributed by atoms with Crippen molar-refractivity contribution in [1.29, 1.82) is 0 Å². The highest BCUT2D eigenvalue weighted by Gasteiger charge is 2.47. The van der Waals surface area contributed by atoms with Crippen LogP contribution in [0.15, 0.2) is 72.8 Å². The van der Waals surface area contributed by atoms with Crippen LogP contribution in [0.5, 0.6) is 17.2 Å². The summed E-state index contributed by atoms with van der Waals surface area (Å²) < 4.78 is 17.4. The molecule has 6 heteroatoms. The SMILES string of the molecule is COc1ccc2c(c1)C(=O)CC1(CCN(C(=O)/C(=C/c3ccc(OC(C)C)cc3)c3ccccc3)C1)O2. The molecule has 1 saturated heterocycles. The number of hydrogen-bond acceptors (Lipinski definition) is 5. The zero-order chi connectivity index (χ0) is 26.0. The van der Waals surface area contributed by atoms with Gasteiger partial charge in [0.1, 0.15) is 22.8 Å². The first-order chi connectivity index (χ1) is 17.9. The Morgan fingerprint density at radius 2 is 1.76 bits per heavy atom. The molecule has 6 nitrogen and oxygen atoms in total. The molecule has 0 bridgehead atoms. The van der Waals surface area contributed by atoms with E-state index in [1.54, 1.807) is 30.2 Å². The molecule has 5 rings (SSSR count). The number of benzene rings is 3. The van der Waals surface area contributed by atoms with Crippen molar-refractivity contribution in [1.82, 2.24) is 4.90 Å². The molecule has 190 valence electrons. The molecule has 1 amide bonds. The van der Waals surface area contributed by atoms with Crippen LogP contribution in [-0.4, -0.2) is 48.5 Å². The zero-order valence-electron chi connectivity index (χ0n) is 21.4. The van der Waals surface area contributed by atoms with Gasteiger partial charge in [0, 0.05) is 18.5 Å². The van der Waals surface area contributed by atoms with Gasteiger partial charge in [0.25, 0.3) is 5.91 Å². The zero-order valence-corrected chi connectivity index (χ0v) is 21.4. The second-order valence-corrected chi connectivity index (χ2v) is 9.88. The molecule has 1 spiro atoms. The fourth-order valence-corrected chi connectivity index (χ4v) is 4.98. The molecule has 1 unspecified atom stereocenters. The van der Waals surface area contributed by atoms with E-state index in [4.69, 9.17) is 14.2 Å². The lowest BCUT2D eigenvalue weighted by atomic mass is 9.89. The number of rotatable bonds is 6. The van der Waals surface area contributed by atoms with Crippen LogP contribution in [-0.2, 0) is 4.79 Å². The number of carbonyl (C=O) groups excluding carboxylic acids is 2. The molecular weight excluding hydrogens is 466 g/mol. The van der Waals surface area contributed by atoms with Crippen LogP contribution in [0.2, 0.25) is 0 Å². The van der Waals surface area contributed by atoms with Gasteiger partial charge in [-0.25, -0.2) is 0 Å². The Kier molecular flexibility index (Phi) is 6.74. The Morgan fingerprint density at radius 1 is 1.03 bits per heavy atom. The fraction of sp³-hybridized carbons (Fsp3) is 0.290. The minimum absolute atomic E-state index is 0.0111. The van der Waals surface area contributed by atoms with Crippen LogP contribution < -0.4 is 14.2 Å². The average molecular weight is 498 g/mol. The predicted octanol–water partition coefficient (Wildman–Crippen LogP) is 5.66.